The van der Waals surface area contributed by atoms with Gasteiger partial charge in [-0.05, 0) is 59.2 Å². The van der Waals surface area contributed by atoms with Crippen molar-refractivity contribution in [1.82, 2.24) is 4.98 Å². The van der Waals surface area contributed by atoms with Gasteiger partial charge in [-0.15, -0.1) is 0 Å². The number of hydrogen-bond donors (Lipinski definition) is 1. The van der Waals surface area contributed by atoms with Gasteiger partial charge in [-0.25, -0.2) is 0 Å². The molecule has 0 bridgehead atoms. The molecule has 1 aromatic heterocycles. The van der Waals surface area contributed by atoms with Crippen molar-refractivity contribution >= 4 is 24.1 Å². The molecule has 0 radical (unpaired) electrons. The van der Waals surface area contributed by atoms with Crippen LogP contribution in [0.2, 0.25) is 0 Å². The van der Waals surface area contributed by atoms with E-state index in [-0.39, 0.29) is 16.2 Å². The molecule has 0 fully saturated rings. The van der Waals surface area contributed by atoms with Gasteiger partial charge in [0.1, 0.15) is 13.6 Å². The quantitative estimate of drug-likeness (QED) is 0.593. The minimum atomic E-state index is -0.162. The van der Waals surface area contributed by atoms with Crippen molar-refractivity contribution in [3.63, 3.8) is 0 Å². The van der Waals surface area contributed by atoms with E-state index in [1.807, 2.05) is 6.20 Å². The number of aryl methyl sites for hydroxylation is 2. The maximum absolute atomic E-state index is 11.7. The molecule has 0 amide bonds. The van der Waals surface area contributed by atoms with Crippen LogP contribution >= 0.6 is 0 Å². The fourth-order valence-corrected chi connectivity index (χ4v) is 5.71. The van der Waals surface area contributed by atoms with Gasteiger partial charge in [0.15, 0.2) is 0 Å². The van der Waals surface area contributed by atoms with Crippen LogP contribution in [0.15, 0.2) is 30.5 Å². The standard InChI is InChI=1S/C26H32BNO/c1-14-11-15(2)13-16(12-14)22-18-17(9-10-28-22)21(27)19-20(23(18)29)25(5,6)26(7,8)24(19,3)4/h9-13,29H,27H2,1-8H3. The third kappa shape index (κ3) is 2.39. The van der Waals surface area contributed by atoms with Gasteiger partial charge in [0.2, 0.25) is 0 Å². The average molecular weight is 385 g/mol. The van der Waals surface area contributed by atoms with Crippen LogP contribution in [-0.4, -0.2) is 17.9 Å². The van der Waals surface area contributed by atoms with Crippen LogP contribution in [0.4, 0.5) is 0 Å². The fraction of sp³-hybridized carbons (Fsp3) is 0.423. The van der Waals surface area contributed by atoms with Crippen LogP contribution in [0.25, 0.3) is 22.0 Å². The Morgan fingerprint density at radius 2 is 1.41 bits per heavy atom. The summed E-state index contributed by atoms with van der Waals surface area (Å²) in [7, 11) is 2.21. The molecule has 1 aliphatic rings. The number of pyridine rings is 1. The Balaban J connectivity index is 2.19. The number of nitrogens with zero attached hydrogens (tertiary/aromatic N) is 1. The number of phenolic OH excluding ortho intramolecular Hbond substituents is 1. The van der Waals surface area contributed by atoms with Crippen LogP contribution in [0.1, 0.15) is 63.8 Å². The van der Waals surface area contributed by atoms with Crippen LogP contribution in [-0.2, 0) is 10.8 Å². The van der Waals surface area contributed by atoms with Gasteiger partial charge in [0, 0.05) is 22.7 Å². The summed E-state index contributed by atoms with van der Waals surface area (Å²) in [4.78, 5) is 4.75. The van der Waals surface area contributed by atoms with Crippen molar-refractivity contribution in [3.8, 4) is 17.0 Å². The van der Waals surface area contributed by atoms with Crippen LogP contribution in [0.5, 0.6) is 5.75 Å². The lowest BCUT2D eigenvalue weighted by Crippen LogP contribution is -2.43. The molecule has 4 rings (SSSR count). The monoisotopic (exact) mass is 385 g/mol. The molecule has 3 heteroatoms. The van der Waals surface area contributed by atoms with E-state index in [1.165, 1.54) is 22.2 Å². The van der Waals surface area contributed by atoms with Crippen molar-refractivity contribution < 1.29 is 5.11 Å². The summed E-state index contributed by atoms with van der Waals surface area (Å²) < 4.78 is 0. The summed E-state index contributed by atoms with van der Waals surface area (Å²) in [5.74, 6) is 0.409. The topological polar surface area (TPSA) is 33.1 Å². The van der Waals surface area contributed by atoms with Crippen molar-refractivity contribution in [2.24, 2.45) is 5.41 Å². The predicted molar refractivity (Wildman–Crippen MR) is 126 cm³/mol. The second kappa shape index (κ2) is 5.87. The first-order valence-electron chi connectivity index (χ1n) is 10.6. The molecule has 2 aromatic carbocycles. The molecule has 0 atom stereocenters. The summed E-state index contributed by atoms with van der Waals surface area (Å²) in [6.45, 7) is 18.1. The zero-order valence-corrected chi connectivity index (χ0v) is 19.3. The fourth-order valence-electron chi connectivity index (χ4n) is 5.71. The molecule has 2 nitrogen and oxygen atoms in total. The minimum absolute atomic E-state index is 0.00450. The molecule has 150 valence electrons. The van der Waals surface area contributed by atoms with E-state index in [1.54, 1.807) is 0 Å². The third-order valence-electron chi connectivity index (χ3n) is 8.32. The van der Waals surface area contributed by atoms with Gasteiger partial charge in [-0.3, -0.25) is 4.98 Å². The van der Waals surface area contributed by atoms with Gasteiger partial charge in [-0.2, -0.15) is 0 Å². The number of fused-ring (bicyclic) bond motifs is 2. The smallest absolute Gasteiger partial charge is 0.140 e. The number of aromatic nitrogens is 1. The van der Waals surface area contributed by atoms with Gasteiger partial charge in [0.05, 0.1) is 5.69 Å². The van der Waals surface area contributed by atoms with Crippen LogP contribution < -0.4 is 5.46 Å². The van der Waals surface area contributed by atoms with Gasteiger partial charge >= 0.3 is 0 Å². The molecule has 0 saturated carbocycles. The van der Waals surface area contributed by atoms with Crippen LogP contribution in [0, 0.1) is 19.3 Å². The molecule has 3 aromatic rings. The van der Waals surface area contributed by atoms with Gasteiger partial charge < -0.3 is 5.11 Å². The normalized spacial score (nSPS) is 18.8. The van der Waals surface area contributed by atoms with Crippen molar-refractivity contribution in [2.75, 3.05) is 0 Å². The number of hydrogen-bond acceptors (Lipinski definition) is 2. The second-order valence-corrected chi connectivity index (χ2v) is 10.6. The Bertz CT molecular complexity index is 1150. The Labute approximate surface area is 175 Å². The lowest BCUT2D eigenvalue weighted by atomic mass is 9.59. The SMILES string of the molecule is Bc1c2c(c(O)c3c(-c4cc(C)cc(C)c4)nccc13)C(C)(C)C(C)(C)C2(C)C. The molecular formula is C26H32BNO. The average Bonchev–Trinajstić information content (AvgIpc) is 2.72. The highest BCUT2D eigenvalue weighted by atomic mass is 16.3. The van der Waals surface area contributed by atoms with E-state index >= 15 is 0 Å². The van der Waals surface area contributed by atoms with Gasteiger partial charge in [0.25, 0.3) is 0 Å². The van der Waals surface area contributed by atoms with Crippen molar-refractivity contribution in [2.45, 2.75) is 66.2 Å². The first-order valence-corrected chi connectivity index (χ1v) is 10.6. The zero-order chi connectivity index (χ0) is 21.5. The maximum atomic E-state index is 11.7. The number of rotatable bonds is 1. The molecule has 0 saturated heterocycles. The van der Waals surface area contributed by atoms with Gasteiger partial charge in [-0.1, -0.05) is 64.2 Å². The summed E-state index contributed by atoms with van der Waals surface area (Å²) in [6.07, 6.45) is 1.88. The lowest BCUT2D eigenvalue weighted by Gasteiger charge is -2.44. The van der Waals surface area contributed by atoms with Crippen LogP contribution in [0.3, 0.4) is 0 Å². The molecule has 29 heavy (non-hydrogen) atoms. The highest BCUT2D eigenvalue weighted by Gasteiger charge is 2.58. The van der Waals surface area contributed by atoms with E-state index in [9.17, 15) is 5.11 Å². The lowest BCUT2D eigenvalue weighted by molar-refractivity contribution is 0.124. The molecule has 1 N–H and O–H groups in total. The van der Waals surface area contributed by atoms with E-state index in [0.29, 0.717) is 5.75 Å². The third-order valence-corrected chi connectivity index (χ3v) is 8.32. The summed E-state index contributed by atoms with van der Waals surface area (Å²) in [6, 6.07) is 8.56. The Hall–Kier alpha value is -2.29. The van der Waals surface area contributed by atoms with Crippen molar-refractivity contribution in [1.29, 1.82) is 0 Å². The highest BCUT2D eigenvalue weighted by molar-refractivity contribution is 6.41. The minimum Gasteiger partial charge on any atom is -0.507 e. The number of benzene rings is 2. The Morgan fingerprint density at radius 1 is 0.862 bits per heavy atom. The molecule has 1 heterocycles. The summed E-state index contributed by atoms with van der Waals surface area (Å²) >= 11 is 0. The Kier molecular flexibility index (Phi) is 4.05. The molecule has 1 aliphatic carbocycles. The van der Waals surface area contributed by atoms with E-state index < -0.39 is 0 Å². The first-order chi connectivity index (χ1) is 13.3. The zero-order valence-electron chi connectivity index (χ0n) is 19.3. The largest absolute Gasteiger partial charge is 0.507 e. The summed E-state index contributed by atoms with van der Waals surface area (Å²) in [5, 5.41) is 13.7. The predicted octanol–water partition coefficient (Wildman–Crippen LogP) is 5.08. The molecular weight excluding hydrogens is 353 g/mol. The highest BCUT2D eigenvalue weighted by Crippen LogP contribution is 2.64. The maximum Gasteiger partial charge on any atom is 0.140 e. The number of phenols is 1. The van der Waals surface area contributed by atoms with E-state index in [4.69, 9.17) is 4.98 Å². The molecule has 0 spiro atoms. The second-order valence-electron chi connectivity index (χ2n) is 10.6. The van der Waals surface area contributed by atoms with Crippen molar-refractivity contribution in [3.05, 3.63) is 52.7 Å². The first kappa shape index (κ1) is 20.0. The van der Waals surface area contributed by atoms with E-state index in [0.717, 1.165) is 27.6 Å². The number of aromatic hydroxyl groups is 1. The Morgan fingerprint density at radius 3 is 2.00 bits per heavy atom. The molecule has 0 unspecified atom stereocenters. The van der Waals surface area contributed by atoms with E-state index in [2.05, 4.69) is 87.5 Å². The molecule has 0 aliphatic heterocycles. The summed E-state index contributed by atoms with van der Waals surface area (Å²) in [5.41, 5.74) is 7.80.